The van der Waals surface area contributed by atoms with Gasteiger partial charge in [0.05, 0.1) is 0 Å². The number of hydrogen-bond donors (Lipinski definition) is 1. The van der Waals surface area contributed by atoms with Crippen molar-refractivity contribution in [2.45, 2.75) is 6.92 Å². The van der Waals surface area contributed by atoms with Crippen molar-refractivity contribution in [3.8, 4) is 0 Å². The number of thioether (sulfide) groups is 1. The first-order chi connectivity index (χ1) is 5.31. The van der Waals surface area contributed by atoms with Gasteiger partial charge in [0.2, 0.25) is 0 Å². The van der Waals surface area contributed by atoms with Gasteiger partial charge < -0.3 is 5.73 Å². The summed E-state index contributed by atoms with van der Waals surface area (Å²) in [5.74, 6) is 1.11. The molecule has 0 bridgehead atoms. The van der Waals surface area contributed by atoms with Gasteiger partial charge in [0.1, 0.15) is 0 Å². The Bertz CT molecular complexity index is 159. The molecule has 62 valence electrons. The summed E-state index contributed by atoms with van der Waals surface area (Å²) in [6, 6.07) is 0. The lowest BCUT2D eigenvalue weighted by Gasteiger charge is -1.88. The highest BCUT2D eigenvalue weighted by atomic mass is 32.2. The maximum Gasteiger partial charge on any atom is 0.0172 e. The molecule has 2 N–H and O–H groups in total. The number of hydrogen-bond acceptors (Lipinski definition) is 2. The molecule has 0 aromatic heterocycles. The van der Waals surface area contributed by atoms with E-state index in [0.717, 1.165) is 11.3 Å². The van der Waals surface area contributed by atoms with E-state index in [1.54, 1.807) is 11.8 Å². The second-order valence-electron chi connectivity index (χ2n) is 2.01. The molecule has 0 amide bonds. The fourth-order valence-corrected chi connectivity index (χ4v) is 0.851. The van der Waals surface area contributed by atoms with Crippen molar-refractivity contribution < 1.29 is 0 Å². The SMILES string of the molecule is C=C(/C=C\C=C/SCC)CN. The van der Waals surface area contributed by atoms with E-state index < -0.39 is 0 Å². The monoisotopic (exact) mass is 169 g/mol. The third-order valence-corrected chi connectivity index (χ3v) is 1.73. The fraction of sp³-hybridized carbons (Fsp3) is 0.333. The van der Waals surface area contributed by atoms with Gasteiger partial charge in [0.25, 0.3) is 0 Å². The number of allylic oxidation sites excluding steroid dienone is 2. The summed E-state index contributed by atoms with van der Waals surface area (Å²) in [7, 11) is 0. The van der Waals surface area contributed by atoms with Crippen LogP contribution in [0.4, 0.5) is 0 Å². The first kappa shape index (κ1) is 10.5. The molecule has 0 aliphatic carbocycles. The fourth-order valence-electron chi connectivity index (χ4n) is 0.457. The van der Waals surface area contributed by atoms with Gasteiger partial charge in [-0.25, -0.2) is 0 Å². The number of nitrogens with two attached hydrogens (primary N) is 1. The second kappa shape index (κ2) is 7.63. The largest absolute Gasteiger partial charge is 0.327 e. The van der Waals surface area contributed by atoms with Gasteiger partial charge in [-0.05, 0) is 16.7 Å². The van der Waals surface area contributed by atoms with E-state index in [-0.39, 0.29) is 0 Å². The van der Waals surface area contributed by atoms with Crippen molar-refractivity contribution in [1.29, 1.82) is 0 Å². The van der Waals surface area contributed by atoms with E-state index in [2.05, 4.69) is 18.9 Å². The Morgan fingerprint density at radius 3 is 2.82 bits per heavy atom. The molecule has 0 fully saturated rings. The van der Waals surface area contributed by atoms with Crippen molar-refractivity contribution in [3.63, 3.8) is 0 Å². The molecule has 0 radical (unpaired) electrons. The molecule has 0 spiro atoms. The molecule has 0 saturated carbocycles. The van der Waals surface area contributed by atoms with Gasteiger partial charge in [-0.2, -0.15) is 0 Å². The van der Waals surface area contributed by atoms with Gasteiger partial charge in [0, 0.05) is 6.54 Å². The predicted octanol–water partition coefficient (Wildman–Crippen LogP) is 2.32. The summed E-state index contributed by atoms with van der Waals surface area (Å²) >= 11 is 1.77. The number of rotatable bonds is 5. The van der Waals surface area contributed by atoms with E-state index in [1.165, 1.54) is 0 Å². The van der Waals surface area contributed by atoms with Crippen LogP contribution in [0.2, 0.25) is 0 Å². The van der Waals surface area contributed by atoms with Crippen molar-refractivity contribution in [2.75, 3.05) is 12.3 Å². The minimum Gasteiger partial charge on any atom is -0.327 e. The molecule has 2 heteroatoms. The van der Waals surface area contributed by atoms with E-state index in [1.807, 2.05) is 18.2 Å². The third-order valence-electron chi connectivity index (χ3n) is 1.05. The van der Waals surface area contributed by atoms with Gasteiger partial charge >= 0.3 is 0 Å². The lowest BCUT2D eigenvalue weighted by Crippen LogP contribution is -1.98. The van der Waals surface area contributed by atoms with Crippen LogP contribution in [0.15, 0.2) is 35.8 Å². The first-order valence-electron chi connectivity index (χ1n) is 3.64. The normalized spacial score (nSPS) is 11.5. The molecule has 1 nitrogen and oxygen atoms in total. The van der Waals surface area contributed by atoms with Gasteiger partial charge in [-0.3, -0.25) is 0 Å². The second-order valence-corrected chi connectivity index (χ2v) is 3.19. The first-order valence-corrected chi connectivity index (χ1v) is 4.68. The van der Waals surface area contributed by atoms with Crippen LogP contribution in [0.3, 0.4) is 0 Å². The molecular formula is C9H15NS. The highest BCUT2D eigenvalue weighted by Crippen LogP contribution is 2.00. The van der Waals surface area contributed by atoms with Crippen LogP contribution >= 0.6 is 11.8 Å². The van der Waals surface area contributed by atoms with Crippen LogP contribution in [0.1, 0.15) is 6.92 Å². The van der Waals surface area contributed by atoms with Gasteiger partial charge in [0.15, 0.2) is 0 Å². The lowest BCUT2D eigenvalue weighted by molar-refractivity contribution is 1.20. The molecule has 11 heavy (non-hydrogen) atoms. The summed E-state index contributed by atoms with van der Waals surface area (Å²) < 4.78 is 0. The molecule has 0 aromatic rings. The summed E-state index contributed by atoms with van der Waals surface area (Å²) in [6.07, 6.45) is 5.87. The predicted molar refractivity (Wildman–Crippen MR) is 54.6 cm³/mol. The average molecular weight is 169 g/mol. The van der Waals surface area contributed by atoms with Gasteiger partial charge in [-0.1, -0.05) is 31.7 Å². The van der Waals surface area contributed by atoms with E-state index in [4.69, 9.17) is 5.73 Å². The van der Waals surface area contributed by atoms with Crippen molar-refractivity contribution >= 4 is 11.8 Å². The Balaban J connectivity index is 3.50. The van der Waals surface area contributed by atoms with Crippen molar-refractivity contribution in [3.05, 3.63) is 35.8 Å². The summed E-state index contributed by atoms with van der Waals surface area (Å²) in [4.78, 5) is 0. The molecule has 0 unspecified atom stereocenters. The summed E-state index contributed by atoms with van der Waals surface area (Å²) in [5, 5.41) is 2.06. The molecule has 0 atom stereocenters. The van der Waals surface area contributed by atoms with Crippen molar-refractivity contribution in [2.24, 2.45) is 5.73 Å². The molecule has 0 saturated heterocycles. The Morgan fingerprint density at radius 2 is 2.27 bits per heavy atom. The van der Waals surface area contributed by atoms with Crippen molar-refractivity contribution in [1.82, 2.24) is 0 Å². The third kappa shape index (κ3) is 7.43. The Morgan fingerprint density at radius 1 is 1.55 bits per heavy atom. The van der Waals surface area contributed by atoms with Crippen LogP contribution in [0, 0.1) is 0 Å². The Labute approximate surface area is 73.1 Å². The maximum absolute atomic E-state index is 5.33. The minimum absolute atomic E-state index is 0.533. The van der Waals surface area contributed by atoms with Crippen LogP contribution in [0.25, 0.3) is 0 Å². The zero-order valence-electron chi connectivity index (χ0n) is 6.92. The summed E-state index contributed by atoms with van der Waals surface area (Å²) in [5.41, 5.74) is 6.29. The van der Waals surface area contributed by atoms with Crippen LogP contribution in [-0.2, 0) is 0 Å². The molecule has 0 aliphatic rings. The highest BCUT2D eigenvalue weighted by Gasteiger charge is 1.77. The quantitative estimate of drug-likeness (QED) is 0.639. The minimum atomic E-state index is 0.533. The Kier molecular flexibility index (Phi) is 7.31. The van der Waals surface area contributed by atoms with Crippen LogP contribution in [-0.4, -0.2) is 12.3 Å². The maximum atomic E-state index is 5.33. The van der Waals surface area contributed by atoms with E-state index in [9.17, 15) is 0 Å². The van der Waals surface area contributed by atoms with Gasteiger partial charge in [-0.15, -0.1) is 11.8 Å². The van der Waals surface area contributed by atoms with Crippen LogP contribution in [0.5, 0.6) is 0 Å². The average Bonchev–Trinajstić information content (AvgIpc) is 2.04. The highest BCUT2D eigenvalue weighted by molar-refractivity contribution is 8.02. The standard InChI is InChI=1S/C9H15NS/c1-3-11-7-5-4-6-9(2)8-10/h4-7H,2-3,8,10H2,1H3/b6-4-,7-5-. The smallest absolute Gasteiger partial charge is 0.0172 e. The van der Waals surface area contributed by atoms with E-state index >= 15 is 0 Å². The molecule has 0 rings (SSSR count). The molecule has 0 aliphatic heterocycles. The summed E-state index contributed by atoms with van der Waals surface area (Å²) in [6.45, 7) is 6.39. The molecular weight excluding hydrogens is 154 g/mol. The Hall–Kier alpha value is -0.470. The lowest BCUT2D eigenvalue weighted by atomic mass is 10.3. The zero-order valence-corrected chi connectivity index (χ0v) is 7.73. The molecule has 0 heterocycles. The zero-order chi connectivity index (χ0) is 8.53. The van der Waals surface area contributed by atoms with E-state index in [0.29, 0.717) is 6.54 Å². The van der Waals surface area contributed by atoms with Crippen LogP contribution < -0.4 is 5.73 Å². The topological polar surface area (TPSA) is 26.0 Å². The molecule has 0 aromatic carbocycles.